The first-order valence-electron chi connectivity index (χ1n) is 8.62. The average molecular weight is 348 g/mol. The van der Waals surface area contributed by atoms with Crippen LogP contribution in [0, 0.1) is 13.8 Å². The molecule has 0 fully saturated rings. The van der Waals surface area contributed by atoms with Gasteiger partial charge in [0.1, 0.15) is 5.75 Å². The van der Waals surface area contributed by atoms with E-state index in [0.717, 1.165) is 28.4 Å². The number of ether oxygens (including phenoxy) is 1. The Kier molecular flexibility index (Phi) is 4.03. The molecular formula is C20H20N4O2. The second kappa shape index (κ2) is 6.37. The first-order chi connectivity index (χ1) is 12.6. The lowest BCUT2D eigenvalue weighted by molar-refractivity contribution is 0.0963. The van der Waals surface area contributed by atoms with Gasteiger partial charge in [-0.3, -0.25) is 4.79 Å². The van der Waals surface area contributed by atoms with Crippen LogP contribution < -0.4 is 4.74 Å². The molecule has 2 heterocycles. The Morgan fingerprint density at radius 1 is 1.12 bits per heavy atom. The molecule has 0 radical (unpaired) electrons. The number of methoxy groups -OCH3 is 1. The number of ketones is 1. The third-order valence-corrected chi connectivity index (χ3v) is 4.78. The summed E-state index contributed by atoms with van der Waals surface area (Å²) in [5.74, 6) is 1.46. The van der Waals surface area contributed by atoms with Crippen LogP contribution in [0.3, 0.4) is 0 Å². The molecule has 2 aromatic heterocycles. The molecule has 0 saturated heterocycles. The first-order valence-corrected chi connectivity index (χ1v) is 8.62. The Bertz CT molecular complexity index is 973. The highest BCUT2D eigenvalue weighted by atomic mass is 16.5. The van der Waals surface area contributed by atoms with Crippen LogP contribution in [0.25, 0.3) is 5.95 Å². The molecule has 1 aromatic carbocycles. The van der Waals surface area contributed by atoms with Gasteiger partial charge in [0, 0.05) is 23.7 Å². The summed E-state index contributed by atoms with van der Waals surface area (Å²) >= 11 is 0. The van der Waals surface area contributed by atoms with Crippen molar-refractivity contribution in [1.29, 1.82) is 0 Å². The van der Waals surface area contributed by atoms with Crippen LogP contribution in [0.5, 0.6) is 5.75 Å². The Hall–Kier alpha value is -3.02. The normalized spacial score (nSPS) is 16.4. The smallest absolute Gasteiger partial charge is 0.251 e. The average Bonchev–Trinajstić information content (AvgIpc) is 3.05. The molecule has 0 spiro atoms. The van der Waals surface area contributed by atoms with Crippen molar-refractivity contribution >= 4 is 5.78 Å². The number of benzene rings is 1. The fourth-order valence-electron chi connectivity index (χ4n) is 3.64. The zero-order valence-corrected chi connectivity index (χ0v) is 15.1. The summed E-state index contributed by atoms with van der Waals surface area (Å²) in [5, 5.41) is 4.41. The van der Waals surface area contributed by atoms with Gasteiger partial charge in [0.2, 0.25) is 0 Å². The van der Waals surface area contributed by atoms with Gasteiger partial charge in [0.05, 0.1) is 24.6 Å². The van der Waals surface area contributed by atoms with Gasteiger partial charge in [-0.15, -0.1) is 0 Å². The Morgan fingerprint density at radius 2 is 1.85 bits per heavy atom. The van der Waals surface area contributed by atoms with Crippen molar-refractivity contribution in [3.63, 3.8) is 0 Å². The van der Waals surface area contributed by atoms with Crippen LogP contribution in [0.15, 0.2) is 36.5 Å². The summed E-state index contributed by atoms with van der Waals surface area (Å²) in [6.07, 6.45) is 2.78. The molecule has 0 amide bonds. The number of aromatic nitrogens is 4. The number of Topliss-reactive ketones (excluding diaryl/α,β-unsaturated/α-hetero) is 1. The Balaban J connectivity index is 1.78. The topological polar surface area (TPSA) is 69.9 Å². The fraction of sp³-hybridized carbons (Fsp3) is 0.300. The van der Waals surface area contributed by atoms with Gasteiger partial charge in [-0.1, -0.05) is 18.2 Å². The van der Waals surface area contributed by atoms with Crippen molar-refractivity contribution in [3.8, 4) is 11.7 Å². The van der Waals surface area contributed by atoms with Crippen LogP contribution in [0.1, 0.15) is 45.3 Å². The quantitative estimate of drug-likeness (QED) is 0.727. The number of para-hydroxylation sites is 1. The van der Waals surface area contributed by atoms with Crippen molar-refractivity contribution in [2.24, 2.45) is 0 Å². The van der Waals surface area contributed by atoms with Crippen LogP contribution >= 0.6 is 0 Å². The molecular weight excluding hydrogens is 328 g/mol. The lowest BCUT2D eigenvalue weighted by atomic mass is 9.82. The molecule has 0 unspecified atom stereocenters. The minimum absolute atomic E-state index is 0.0486. The van der Waals surface area contributed by atoms with Crippen molar-refractivity contribution in [1.82, 2.24) is 19.7 Å². The largest absolute Gasteiger partial charge is 0.496 e. The number of aryl methyl sites for hydroxylation is 2. The maximum Gasteiger partial charge on any atom is 0.251 e. The van der Waals surface area contributed by atoms with Gasteiger partial charge < -0.3 is 4.74 Å². The summed E-state index contributed by atoms with van der Waals surface area (Å²) in [6, 6.07) is 9.78. The maximum atomic E-state index is 12.7. The zero-order chi connectivity index (χ0) is 18.3. The maximum absolute atomic E-state index is 12.7. The predicted molar refractivity (Wildman–Crippen MR) is 97.0 cm³/mol. The van der Waals surface area contributed by atoms with Gasteiger partial charge in [0.15, 0.2) is 5.78 Å². The van der Waals surface area contributed by atoms with E-state index >= 15 is 0 Å². The lowest BCUT2D eigenvalue weighted by Gasteiger charge is -2.24. The molecule has 1 aliphatic carbocycles. The summed E-state index contributed by atoms with van der Waals surface area (Å²) < 4.78 is 7.19. The minimum Gasteiger partial charge on any atom is -0.496 e. The third kappa shape index (κ3) is 2.77. The number of hydrogen-bond acceptors (Lipinski definition) is 5. The van der Waals surface area contributed by atoms with Crippen molar-refractivity contribution in [2.45, 2.75) is 32.6 Å². The highest BCUT2D eigenvalue weighted by Crippen LogP contribution is 2.37. The van der Waals surface area contributed by atoms with E-state index in [1.807, 2.05) is 44.2 Å². The van der Waals surface area contributed by atoms with Crippen molar-refractivity contribution in [2.75, 3.05) is 7.11 Å². The number of carbonyl (C=O) groups is 1. The Morgan fingerprint density at radius 3 is 2.58 bits per heavy atom. The second-order valence-corrected chi connectivity index (χ2v) is 6.64. The molecule has 4 rings (SSSR count). The highest BCUT2D eigenvalue weighted by molar-refractivity contribution is 5.98. The fourth-order valence-corrected chi connectivity index (χ4v) is 3.64. The monoisotopic (exact) mass is 348 g/mol. The summed E-state index contributed by atoms with van der Waals surface area (Å²) in [6.45, 7) is 3.85. The standard InChI is InChI=1S/C20H20N4O2/c1-12-8-13(2)23-20(22-12)24-17-9-14(10-18(25)16(17)11-21-24)15-6-4-5-7-19(15)26-3/h4-8,11,14H,9-10H2,1-3H3/t14-/m0/s1. The zero-order valence-electron chi connectivity index (χ0n) is 15.1. The molecule has 0 N–H and O–H groups in total. The van der Waals surface area contributed by atoms with E-state index in [9.17, 15) is 4.79 Å². The molecule has 1 atom stereocenters. The van der Waals surface area contributed by atoms with E-state index in [1.165, 1.54) is 0 Å². The van der Waals surface area contributed by atoms with Crippen LogP contribution in [0.4, 0.5) is 0 Å². The minimum atomic E-state index is 0.0486. The number of nitrogens with zero attached hydrogens (tertiary/aromatic N) is 4. The number of hydrogen-bond donors (Lipinski definition) is 0. The van der Waals surface area contributed by atoms with E-state index in [4.69, 9.17) is 4.74 Å². The second-order valence-electron chi connectivity index (χ2n) is 6.64. The van der Waals surface area contributed by atoms with Crippen LogP contribution in [-0.4, -0.2) is 32.6 Å². The van der Waals surface area contributed by atoms with E-state index in [0.29, 0.717) is 24.4 Å². The van der Waals surface area contributed by atoms with E-state index in [2.05, 4.69) is 15.1 Å². The number of carbonyl (C=O) groups excluding carboxylic acids is 1. The highest BCUT2D eigenvalue weighted by Gasteiger charge is 2.31. The number of rotatable bonds is 3. The lowest BCUT2D eigenvalue weighted by Crippen LogP contribution is -2.21. The Labute approximate surface area is 151 Å². The summed E-state index contributed by atoms with van der Waals surface area (Å²) in [4.78, 5) is 21.7. The molecule has 1 aliphatic rings. The summed E-state index contributed by atoms with van der Waals surface area (Å²) in [5.41, 5.74) is 4.32. The molecule has 132 valence electrons. The number of fused-ring (bicyclic) bond motifs is 1. The molecule has 6 heteroatoms. The van der Waals surface area contributed by atoms with Crippen molar-refractivity contribution in [3.05, 3.63) is 64.7 Å². The molecule has 0 aliphatic heterocycles. The SMILES string of the molecule is COc1ccccc1[C@@H]1CC(=O)c2cnn(-c3nc(C)cc(C)n3)c2C1. The molecule has 6 nitrogen and oxygen atoms in total. The molecule has 0 bridgehead atoms. The van der Waals surface area contributed by atoms with Gasteiger partial charge in [-0.05, 0) is 38.0 Å². The van der Waals surface area contributed by atoms with Gasteiger partial charge in [-0.25, -0.2) is 14.6 Å². The summed E-state index contributed by atoms with van der Waals surface area (Å²) in [7, 11) is 1.66. The van der Waals surface area contributed by atoms with Crippen LogP contribution in [-0.2, 0) is 6.42 Å². The van der Waals surface area contributed by atoms with Crippen molar-refractivity contribution < 1.29 is 9.53 Å². The molecule has 0 saturated carbocycles. The van der Waals surface area contributed by atoms with Gasteiger partial charge in [0.25, 0.3) is 5.95 Å². The predicted octanol–water partition coefficient (Wildman–Crippen LogP) is 3.20. The van der Waals surface area contributed by atoms with E-state index in [1.54, 1.807) is 18.0 Å². The third-order valence-electron chi connectivity index (χ3n) is 4.78. The van der Waals surface area contributed by atoms with E-state index < -0.39 is 0 Å². The van der Waals surface area contributed by atoms with Gasteiger partial charge in [-0.2, -0.15) is 5.10 Å². The van der Waals surface area contributed by atoms with E-state index in [-0.39, 0.29) is 11.7 Å². The van der Waals surface area contributed by atoms with Gasteiger partial charge >= 0.3 is 0 Å². The molecule has 3 aromatic rings. The van der Waals surface area contributed by atoms with Crippen LogP contribution in [0.2, 0.25) is 0 Å². The molecule has 26 heavy (non-hydrogen) atoms. The first kappa shape index (κ1) is 16.4.